The van der Waals surface area contributed by atoms with Crippen LogP contribution in [0.3, 0.4) is 0 Å². The van der Waals surface area contributed by atoms with Crippen LogP contribution in [0.1, 0.15) is 0 Å². The summed E-state index contributed by atoms with van der Waals surface area (Å²) in [5.74, 6) is 0.150. The van der Waals surface area contributed by atoms with Crippen molar-refractivity contribution in [3.63, 3.8) is 0 Å². The van der Waals surface area contributed by atoms with E-state index in [4.69, 9.17) is 0 Å². The van der Waals surface area contributed by atoms with Crippen molar-refractivity contribution in [2.45, 2.75) is 0 Å². The van der Waals surface area contributed by atoms with E-state index < -0.39 is 12.4 Å². The van der Waals surface area contributed by atoms with Crippen molar-refractivity contribution in [2.75, 3.05) is 0 Å². The van der Waals surface area contributed by atoms with Gasteiger partial charge in [0.1, 0.15) is 0 Å². The monoisotopic (exact) mass is 252 g/mol. The quantitative estimate of drug-likeness (QED) is 0.624. The van der Waals surface area contributed by atoms with Crippen LogP contribution in [0.4, 0.5) is 12.9 Å². The zero-order chi connectivity index (χ0) is 10.9. The molecular weight excluding hydrogens is 247 g/mol. The standard InChI is InChI=1S/C7H5BF3N4.K/c9-8(10,11)6-3-1-2-5(4-6)7-12-14-15-13-7;/h1-4H,(H,12,13,14,15);/q-1;+1. The molecule has 0 atom stereocenters. The Balaban J connectivity index is 0.00000128. The number of rotatable bonds is 2. The first-order valence-corrected chi connectivity index (χ1v) is 4.11. The molecule has 4 nitrogen and oxygen atoms in total. The summed E-state index contributed by atoms with van der Waals surface area (Å²) >= 11 is 0. The van der Waals surface area contributed by atoms with Gasteiger partial charge in [-0.15, -0.1) is 15.7 Å². The molecule has 0 fully saturated rings. The second-order valence-corrected chi connectivity index (χ2v) is 2.94. The van der Waals surface area contributed by atoms with E-state index in [1.54, 1.807) is 0 Å². The number of hydrogen-bond donors (Lipinski definition) is 1. The van der Waals surface area contributed by atoms with Gasteiger partial charge >= 0.3 is 58.4 Å². The molecule has 0 aliphatic heterocycles. The van der Waals surface area contributed by atoms with Crippen LogP contribution in [0, 0.1) is 0 Å². The predicted molar refractivity (Wildman–Crippen MR) is 48.3 cm³/mol. The molecule has 0 radical (unpaired) electrons. The number of benzene rings is 1. The van der Waals surface area contributed by atoms with E-state index in [0.29, 0.717) is 5.56 Å². The van der Waals surface area contributed by atoms with Gasteiger partial charge in [-0.25, -0.2) is 0 Å². The summed E-state index contributed by atoms with van der Waals surface area (Å²) in [7, 11) is 0. The smallest absolute Gasteiger partial charge is 0.445 e. The number of H-pyrrole nitrogens is 1. The summed E-state index contributed by atoms with van der Waals surface area (Å²) in [6.45, 7) is -4.99. The Bertz CT molecular complexity index is 459. The summed E-state index contributed by atoms with van der Waals surface area (Å²) in [5, 5.41) is 12.7. The normalized spacial score (nSPS) is 10.9. The molecule has 0 saturated heterocycles. The molecule has 0 aliphatic rings. The largest absolute Gasteiger partial charge is 1.00 e. The zero-order valence-electron chi connectivity index (χ0n) is 8.36. The Morgan fingerprint density at radius 1 is 1.19 bits per heavy atom. The molecule has 0 spiro atoms. The molecule has 1 aromatic carbocycles. The van der Waals surface area contributed by atoms with Gasteiger partial charge in [0.05, 0.1) is 0 Å². The maximum absolute atomic E-state index is 12.4. The third-order valence-corrected chi connectivity index (χ3v) is 1.87. The fourth-order valence-corrected chi connectivity index (χ4v) is 1.17. The topological polar surface area (TPSA) is 54.5 Å². The molecule has 0 aliphatic carbocycles. The van der Waals surface area contributed by atoms with Crippen molar-refractivity contribution in [1.82, 2.24) is 20.6 Å². The van der Waals surface area contributed by atoms with E-state index in [0.717, 1.165) is 12.1 Å². The average molecular weight is 252 g/mol. The van der Waals surface area contributed by atoms with Crippen LogP contribution in [0.15, 0.2) is 24.3 Å². The van der Waals surface area contributed by atoms with E-state index in [-0.39, 0.29) is 57.2 Å². The van der Waals surface area contributed by atoms with Crippen LogP contribution in [0.25, 0.3) is 11.4 Å². The van der Waals surface area contributed by atoms with Crippen molar-refractivity contribution < 1.29 is 64.3 Å². The molecule has 1 heterocycles. The summed E-state index contributed by atoms with van der Waals surface area (Å²) in [6, 6.07) is 4.83. The second-order valence-electron chi connectivity index (χ2n) is 2.94. The molecule has 16 heavy (non-hydrogen) atoms. The summed E-state index contributed by atoms with van der Waals surface area (Å²) in [6.07, 6.45) is 0. The van der Waals surface area contributed by atoms with Gasteiger partial charge in [0.2, 0.25) is 5.82 Å². The van der Waals surface area contributed by atoms with E-state index >= 15 is 0 Å². The summed E-state index contributed by atoms with van der Waals surface area (Å²) in [4.78, 5) is 0. The molecule has 1 N–H and O–H groups in total. The maximum atomic E-state index is 12.4. The van der Waals surface area contributed by atoms with Gasteiger partial charge < -0.3 is 12.9 Å². The minimum Gasteiger partial charge on any atom is -0.445 e. The van der Waals surface area contributed by atoms with Crippen LogP contribution < -0.4 is 56.8 Å². The zero-order valence-corrected chi connectivity index (χ0v) is 11.5. The van der Waals surface area contributed by atoms with Crippen molar-refractivity contribution in [1.29, 1.82) is 0 Å². The van der Waals surface area contributed by atoms with Gasteiger partial charge in [0.25, 0.3) is 0 Å². The van der Waals surface area contributed by atoms with E-state index in [2.05, 4.69) is 20.6 Å². The fourth-order valence-electron chi connectivity index (χ4n) is 1.17. The first-order valence-electron chi connectivity index (χ1n) is 4.11. The van der Waals surface area contributed by atoms with Crippen LogP contribution in [-0.2, 0) is 0 Å². The Morgan fingerprint density at radius 3 is 2.50 bits per heavy atom. The third kappa shape index (κ3) is 3.14. The Kier molecular flexibility index (Phi) is 4.68. The fraction of sp³-hybridized carbons (Fsp3) is 0. The van der Waals surface area contributed by atoms with Crippen molar-refractivity contribution in [3.8, 4) is 11.4 Å². The number of nitrogens with one attached hydrogen (secondary N) is 1. The first-order chi connectivity index (χ1) is 7.07. The van der Waals surface area contributed by atoms with Gasteiger partial charge in [-0.3, -0.25) is 0 Å². The molecule has 78 valence electrons. The van der Waals surface area contributed by atoms with Gasteiger partial charge in [-0.2, -0.15) is 5.21 Å². The van der Waals surface area contributed by atoms with Gasteiger partial charge in [-0.05, 0) is 5.21 Å². The number of aromatic amines is 1. The molecule has 2 rings (SSSR count). The molecule has 1 aromatic heterocycles. The first kappa shape index (κ1) is 13.8. The van der Waals surface area contributed by atoms with Crippen molar-refractivity contribution >= 4 is 12.4 Å². The minimum atomic E-state index is -4.99. The average Bonchev–Trinajstić information content (AvgIpc) is 2.69. The number of nitrogens with zero attached hydrogens (tertiary/aromatic N) is 3. The molecule has 2 aromatic rings. The van der Waals surface area contributed by atoms with E-state index in [9.17, 15) is 12.9 Å². The molecule has 0 unspecified atom stereocenters. The van der Waals surface area contributed by atoms with Crippen molar-refractivity contribution in [3.05, 3.63) is 24.3 Å². The maximum Gasteiger partial charge on any atom is 1.00 e. The summed E-state index contributed by atoms with van der Waals surface area (Å²) < 4.78 is 37.2. The van der Waals surface area contributed by atoms with Gasteiger partial charge in [0.15, 0.2) is 0 Å². The van der Waals surface area contributed by atoms with Crippen LogP contribution in [0.2, 0.25) is 0 Å². The predicted octanol–water partition coefficient (Wildman–Crippen LogP) is -2.07. The van der Waals surface area contributed by atoms with Crippen LogP contribution in [-0.4, -0.2) is 27.6 Å². The molecular formula is C7H5BF3KN4. The Morgan fingerprint density at radius 2 is 1.94 bits per heavy atom. The SMILES string of the molecule is F[B-](F)(F)c1cccc(-c2nn[nH]n2)c1.[K+]. The number of aromatic nitrogens is 4. The number of halogens is 3. The van der Waals surface area contributed by atoms with E-state index in [1.807, 2.05) is 0 Å². The van der Waals surface area contributed by atoms with E-state index in [1.165, 1.54) is 12.1 Å². The number of tetrazole rings is 1. The third-order valence-electron chi connectivity index (χ3n) is 1.87. The molecule has 0 amide bonds. The molecule has 0 bridgehead atoms. The van der Waals surface area contributed by atoms with Gasteiger partial charge in [0, 0.05) is 5.56 Å². The summed E-state index contributed by atoms with van der Waals surface area (Å²) in [5.41, 5.74) is -0.377. The van der Waals surface area contributed by atoms with Crippen molar-refractivity contribution in [2.24, 2.45) is 0 Å². The number of hydrogen-bond acceptors (Lipinski definition) is 3. The Hall–Kier alpha value is -0.219. The van der Waals surface area contributed by atoms with Crippen LogP contribution >= 0.6 is 0 Å². The Labute approximate surface area is 131 Å². The molecule has 9 heteroatoms. The second kappa shape index (κ2) is 5.41. The minimum absolute atomic E-state index is 0. The molecule has 0 saturated carbocycles. The van der Waals surface area contributed by atoms with Gasteiger partial charge in [-0.1, -0.05) is 24.3 Å². The van der Waals surface area contributed by atoms with Crippen LogP contribution in [0.5, 0.6) is 0 Å².